The predicted molar refractivity (Wildman–Crippen MR) is 52.1 cm³/mol. The van der Waals surface area contributed by atoms with Crippen LogP contribution in [0, 0.1) is 0 Å². The Kier molecular flexibility index (Phi) is 2.68. The summed E-state index contributed by atoms with van der Waals surface area (Å²) >= 11 is 0. The van der Waals surface area contributed by atoms with Gasteiger partial charge >= 0.3 is 5.97 Å². The predicted octanol–water partition coefficient (Wildman–Crippen LogP) is 0.116. The van der Waals surface area contributed by atoms with Crippen LogP contribution in [-0.4, -0.2) is 45.8 Å². The monoisotopic (exact) mass is 210 g/mol. The summed E-state index contributed by atoms with van der Waals surface area (Å²) in [5.41, 5.74) is 0. The summed E-state index contributed by atoms with van der Waals surface area (Å²) in [4.78, 5) is 17.1. The highest BCUT2D eigenvalue weighted by atomic mass is 16.5. The minimum Gasteiger partial charge on any atom is -0.463 e. The number of nitrogens with zero attached hydrogens (tertiary/aromatic N) is 4. The van der Waals surface area contributed by atoms with Crippen LogP contribution in [0.3, 0.4) is 0 Å². The largest absolute Gasteiger partial charge is 0.463 e. The molecule has 1 aromatic heterocycles. The van der Waals surface area contributed by atoms with Gasteiger partial charge in [-0.15, -0.1) is 5.10 Å². The molecule has 0 N–H and O–H groups in total. The third kappa shape index (κ3) is 2.33. The van der Waals surface area contributed by atoms with Crippen LogP contribution in [0.1, 0.15) is 23.5 Å². The van der Waals surface area contributed by atoms with E-state index in [0.29, 0.717) is 12.7 Å². The van der Waals surface area contributed by atoms with Crippen LogP contribution in [0.5, 0.6) is 0 Å². The maximum atomic E-state index is 11.1. The van der Waals surface area contributed by atoms with Crippen LogP contribution in [-0.2, 0) is 11.4 Å². The molecule has 0 aromatic carbocycles. The first-order valence-corrected chi connectivity index (χ1v) is 4.88. The molecule has 1 aromatic rings. The van der Waals surface area contributed by atoms with Crippen LogP contribution in [0.2, 0.25) is 0 Å². The molecular weight excluding hydrogens is 196 g/mol. The maximum absolute atomic E-state index is 11.1. The van der Waals surface area contributed by atoms with Gasteiger partial charge in [0.2, 0.25) is 0 Å². The second-order valence-electron chi connectivity index (χ2n) is 3.73. The normalized spacial score (nSPS) is 15.7. The standard InChI is InChI=1S/C9H14N4O2/c1-12(7-3-4-7)6-13-5-10-8(11-13)9(14)15-2/h5,7H,3-4,6H2,1-2H3. The van der Waals surface area contributed by atoms with E-state index < -0.39 is 5.97 Å². The second kappa shape index (κ2) is 3.98. The Labute approximate surface area is 87.8 Å². The third-order valence-corrected chi connectivity index (χ3v) is 2.44. The van der Waals surface area contributed by atoms with E-state index in [1.807, 2.05) is 7.05 Å². The zero-order valence-electron chi connectivity index (χ0n) is 8.88. The van der Waals surface area contributed by atoms with Crippen LogP contribution >= 0.6 is 0 Å². The molecule has 0 bridgehead atoms. The molecule has 2 rings (SSSR count). The van der Waals surface area contributed by atoms with Crippen molar-refractivity contribution in [3.05, 3.63) is 12.2 Å². The number of aromatic nitrogens is 3. The first-order valence-electron chi connectivity index (χ1n) is 4.88. The molecule has 0 unspecified atom stereocenters. The average molecular weight is 210 g/mol. The molecule has 82 valence electrons. The second-order valence-corrected chi connectivity index (χ2v) is 3.73. The average Bonchev–Trinajstić information content (AvgIpc) is 2.99. The number of esters is 1. The zero-order chi connectivity index (χ0) is 10.8. The molecule has 0 radical (unpaired) electrons. The minimum absolute atomic E-state index is 0.113. The Bertz CT molecular complexity index is 359. The zero-order valence-corrected chi connectivity index (χ0v) is 8.88. The highest BCUT2D eigenvalue weighted by molar-refractivity contribution is 5.84. The molecule has 0 atom stereocenters. The van der Waals surface area contributed by atoms with Crippen molar-refractivity contribution in [1.29, 1.82) is 0 Å². The molecule has 1 saturated carbocycles. The third-order valence-electron chi connectivity index (χ3n) is 2.44. The van der Waals surface area contributed by atoms with Gasteiger partial charge in [0.1, 0.15) is 6.33 Å². The Hall–Kier alpha value is -1.43. The molecule has 15 heavy (non-hydrogen) atoms. The number of carbonyl (C=O) groups is 1. The maximum Gasteiger partial charge on any atom is 0.377 e. The number of ether oxygens (including phenoxy) is 1. The van der Waals surface area contributed by atoms with E-state index in [9.17, 15) is 4.79 Å². The van der Waals surface area contributed by atoms with Gasteiger partial charge in [-0.05, 0) is 19.9 Å². The van der Waals surface area contributed by atoms with Gasteiger partial charge < -0.3 is 4.74 Å². The lowest BCUT2D eigenvalue weighted by Gasteiger charge is -2.14. The number of methoxy groups -OCH3 is 1. The molecule has 0 saturated heterocycles. The minimum atomic E-state index is -0.497. The van der Waals surface area contributed by atoms with Gasteiger partial charge in [-0.3, -0.25) is 4.90 Å². The number of hydrogen-bond donors (Lipinski definition) is 0. The highest BCUT2D eigenvalue weighted by Crippen LogP contribution is 2.25. The fourth-order valence-electron chi connectivity index (χ4n) is 1.41. The SMILES string of the molecule is COC(=O)c1ncn(CN(C)C2CC2)n1. The van der Waals surface area contributed by atoms with E-state index >= 15 is 0 Å². The topological polar surface area (TPSA) is 60.2 Å². The van der Waals surface area contributed by atoms with Crippen LogP contribution < -0.4 is 0 Å². The Balaban J connectivity index is 1.97. The van der Waals surface area contributed by atoms with Gasteiger partial charge in [0, 0.05) is 6.04 Å². The van der Waals surface area contributed by atoms with E-state index in [4.69, 9.17) is 0 Å². The van der Waals surface area contributed by atoms with E-state index in [2.05, 4.69) is 19.7 Å². The summed E-state index contributed by atoms with van der Waals surface area (Å²) in [6.07, 6.45) is 4.04. The Morgan fingerprint density at radius 3 is 3.07 bits per heavy atom. The van der Waals surface area contributed by atoms with Crippen LogP contribution in [0.25, 0.3) is 0 Å². The van der Waals surface area contributed by atoms with Crippen LogP contribution in [0.4, 0.5) is 0 Å². The van der Waals surface area contributed by atoms with Crippen molar-refractivity contribution < 1.29 is 9.53 Å². The fraction of sp³-hybridized carbons (Fsp3) is 0.667. The quantitative estimate of drug-likeness (QED) is 0.660. The number of rotatable bonds is 4. The lowest BCUT2D eigenvalue weighted by Crippen LogP contribution is -2.24. The molecule has 1 fully saturated rings. The van der Waals surface area contributed by atoms with Gasteiger partial charge in [-0.2, -0.15) is 0 Å². The molecule has 0 aliphatic heterocycles. The molecule has 1 aliphatic carbocycles. The van der Waals surface area contributed by atoms with Gasteiger partial charge in [0.25, 0.3) is 5.82 Å². The lowest BCUT2D eigenvalue weighted by molar-refractivity contribution is 0.0585. The van der Waals surface area contributed by atoms with E-state index in [1.165, 1.54) is 20.0 Å². The summed E-state index contributed by atoms with van der Waals surface area (Å²) in [5, 5.41) is 4.02. The van der Waals surface area contributed by atoms with Crippen molar-refractivity contribution in [2.24, 2.45) is 0 Å². The van der Waals surface area contributed by atoms with Crippen molar-refractivity contribution in [2.45, 2.75) is 25.6 Å². The van der Waals surface area contributed by atoms with Gasteiger partial charge in [-0.25, -0.2) is 14.5 Å². The molecular formula is C9H14N4O2. The van der Waals surface area contributed by atoms with E-state index in [1.54, 1.807) is 11.0 Å². The van der Waals surface area contributed by atoms with Gasteiger partial charge in [-0.1, -0.05) is 0 Å². The molecule has 6 heteroatoms. The van der Waals surface area contributed by atoms with Crippen LogP contribution in [0.15, 0.2) is 6.33 Å². The summed E-state index contributed by atoms with van der Waals surface area (Å²) in [5.74, 6) is -0.385. The molecule has 1 aliphatic rings. The number of hydrogen-bond acceptors (Lipinski definition) is 5. The summed E-state index contributed by atoms with van der Waals surface area (Å²) in [6, 6.07) is 0.663. The summed E-state index contributed by atoms with van der Waals surface area (Å²) in [6.45, 7) is 0.661. The van der Waals surface area contributed by atoms with Crippen molar-refractivity contribution in [1.82, 2.24) is 19.7 Å². The molecule has 6 nitrogen and oxygen atoms in total. The van der Waals surface area contributed by atoms with E-state index in [-0.39, 0.29) is 5.82 Å². The first-order chi connectivity index (χ1) is 7.20. The van der Waals surface area contributed by atoms with Crippen molar-refractivity contribution in [3.63, 3.8) is 0 Å². The van der Waals surface area contributed by atoms with Gasteiger partial charge in [0.05, 0.1) is 13.8 Å². The van der Waals surface area contributed by atoms with Crippen molar-refractivity contribution in [3.8, 4) is 0 Å². The number of carbonyl (C=O) groups excluding carboxylic acids is 1. The summed E-state index contributed by atoms with van der Waals surface area (Å²) < 4.78 is 6.17. The molecule has 1 heterocycles. The van der Waals surface area contributed by atoms with Crippen molar-refractivity contribution >= 4 is 5.97 Å². The van der Waals surface area contributed by atoms with Crippen molar-refractivity contribution in [2.75, 3.05) is 14.2 Å². The highest BCUT2D eigenvalue weighted by Gasteiger charge is 2.26. The summed E-state index contributed by atoms with van der Waals surface area (Å²) in [7, 11) is 3.36. The smallest absolute Gasteiger partial charge is 0.377 e. The Morgan fingerprint density at radius 1 is 1.73 bits per heavy atom. The Morgan fingerprint density at radius 2 is 2.47 bits per heavy atom. The molecule has 0 spiro atoms. The van der Waals surface area contributed by atoms with Gasteiger partial charge in [0.15, 0.2) is 0 Å². The fourth-order valence-corrected chi connectivity index (χ4v) is 1.41. The van der Waals surface area contributed by atoms with E-state index in [0.717, 1.165) is 0 Å². The first kappa shape index (κ1) is 10.1. The molecule has 0 amide bonds. The lowest BCUT2D eigenvalue weighted by atomic mass is 10.6.